The van der Waals surface area contributed by atoms with Gasteiger partial charge in [-0.25, -0.2) is 0 Å². The summed E-state index contributed by atoms with van der Waals surface area (Å²) in [5.41, 5.74) is 29.4. The maximum Gasteiger partial charge on any atom is 0.142 e. The molecule has 0 fully saturated rings. The summed E-state index contributed by atoms with van der Waals surface area (Å²) in [7, 11) is 32.6. The van der Waals surface area contributed by atoms with Crippen LogP contribution in [0, 0.1) is 0 Å². The zero-order chi connectivity index (χ0) is 42.4. The van der Waals surface area contributed by atoms with E-state index in [0.717, 1.165) is 0 Å². The molecule has 0 amide bonds. The molecule has 0 bridgehead atoms. The largest absolute Gasteiger partial charge is 0.310 e. The highest BCUT2D eigenvalue weighted by Gasteiger charge is 2.26. The lowest BCUT2D eigenvalue weighted by Gasteiger charge is -2.29. The van der Waals surface area contributed by atoms with Gasteiger partial charge in [-0.3, -0.25) is 0 Å². The Hall–Kier alpha value is -5.21. The normalized spacial score (nSPS) is 11.9. The lowest BCUT2D eigenvalue weighted by atomic mass is 9.57. The molecule has 2 heterocycles. The van der Waals surface area contributed by atoms with E-state index in [4.69, 9.17) is 0 Å². The van der Waals surface area contributed by atoms with E-state index in [1.165, 1.54) is 164 Å². The molecular weight excluding hydrogens is 708 g/mol. The van der Waals surface area contributed by atoms with Gasteiger partial charge in [-0.05, 0) is 56.9 Å². The van der Waals surface area contributed by atoms with Crippen molar-refractivity contribution in [3.8, 4) is 22.5 Å². The first kappa shape index (κ1) is 39.0. The van der Waals surface area contributed by atoms with Gasteiger partial charge < -0.3 is 9.13 Å². The Kier molecular flexibility index (Phi) is 8.86. The van der Waals surface area contributed by atoms with Crippen LogP contribution in [0.25, 0.3) is 87.7 Å². The summed E-state index contributed by atoms with van der Waals surface area (Å²) in [5.74, 6) is 0. The van der Waals surface area contributed by atoms with Crippen molar-refractivity contribution in [1.29, 1.82) is 0 Å². The first-order valence-corrected chi connectivity index (χ1v) is 21.7. The number of aromatic nitrogens is 2. The lowest BCUT2D eigenvalue weighted by Crippen LogP contribution is -2.53. The van der Waals surface area contributed by atoms with Crippen LogP contribution >= 0.6 is 0 Å². The van der Waals surface area contributed by atoms with Crippen LogP contribution in [0.3, 0.4) is 0 Å². The summed E-state index contributed by atoms with van der Waals surface area (Å²) < 4.78 is 5.16. The number of rotatable bonds is 3. The molecule has 8 aromatic carbocycles. The molecule has 0 aliphatic heterocycles. The van der Waals surface area contributed by atoms with E-state index < -0.39 is 0 Å². The fraction of sp³-hybridized carbons (Fsp3) is 0. The van der Waals surface area contributed by atoms with Crippen molar-refractivity contribution < 1.29 is 0 Å². The molecule has 10 rings (SSSR count). The highest BCUT2D eigenvalue weighted by molar-refractivity contribution is 6.73. The molecule has 0 saturated carbocycles. The van der Waals surface area contributed by atoms with Crippen molar-refractivity contribution in [1.82, 2.24) is 9.13 Å². The molecule has 10 aromatic rings. The van der Waals surface area contributed by atoms with Gasteiger partial charge in [0.25, 0.3) is 0 Å². The second-order valence-electron chi connectivity index (χ2n) is 18.2. The Balaban J connectivity index is 1.36. The molecule has 60 heavy (non-hydrogen) atoms. The molecule has 270 valence electrons. The Labute approximate surface area is 366 Å². The summed E-state index contributed by atoms with van der Waals surface area (Å²) in [4.78, 5) is 0. The van der Waals surface area contributed by atoms with Crippen LogP contribution in [-0.2, 0) is 0 Å². The summed E-state index contributed by atoms with van der Waals surface area (Å²) in [5, 5.41) is 10.6. The molecular formula is C44H42B14N2. The minimum atomic E-state index is 1.24. The second-order valence-corrected chi connectivity index (χ2v) is 18.2. The Morgan fingerprint density at radius 2 is 0.817 bits per heavy atom. The van der Waals surface area contributed by atoms with Gasteiger partial charge >= 0.3 is 0 Å². The number of benzene rings is 8. The molecule has 0 N–H and O–H groups in total. The average molecular weight is 750 g/mol. The van der Waals surface area contributed by atoms with Crippen molar-refractivity contribution in [3.63, 3.8) is 0 Å². The van der Waals surface area contributed by atoms with Gasteiger partial charge in [-0.1, -0.05) is 121 Å². The molecule has 2 aromatic heterocycles. The molecule has 0 atom stereocenters. The minimum Gasteiger partial charge on any atom is -0.310 e. The Bertz CT molecular complexity index is 3550. The van der Waals surface area contributed by atoms with Crippen LogP contribution in [0.2, 0.25) is 0 Å². The zero-order valence-corrected chi connectivity index (χ0v) is 38.0. The maximum absolute atomic E-state index is 2.60. The third-order valence-corrected chi connectivity index (χ3v) is 15.2. The van der Waals surface area contributed by atoms with E-state index in [2.05, 4.69) is 204 Å². The zero-order valence-electron chi connectivity index (χ0n) is 38.0. The predicted octanol–water partition coefficient (Wildman–Crippen LogP) is -12.5. The van der Waals surface area contributed by atoms with Gasteiger partial charge in [0.05, 0.1) is 22.1 Å². The first-order chi connectivity index (χ1) is 28.6. The number of nitrogens with zero attached hydrogens (tertiary/aromatic N) is 2. The molecule has 0 radical (unpaired) electrons. The third-order valence-electron chi connectivity index (χ3n) is 15.2. The molecule has 2 nitrogen and oxygen atoms in total. The quantitative estimate of drug-likeness (QED) is 0.159. The highest BCUT2D eigenvalue weighted by atomic mass is 15.0. The van der Waals surface area contributed by atoms with Crippen LogP contribution in [0.5, 0.6) is 0 Å². The van der Waals surface area contributed by atoms with Crippen molar-refractivity contribution in [2.24, 2.45) is 0 Å². The van der Waals surface area contributed by atoms with Gasteiger partial charge in [0.2, 0.25) is 0 Å². The molecule has 16 heteroatoms. The molecule has 0 saturated heterocycles. The van der Waals surface area contributed by atoms with Crippen LogP contribution < -0.4 is 76.5 Å². The van der Waals surface area contributed by atoms with E-state index in [1.807, 2.05) is 0 Å². The average Bonchev–Trinajstić information content (AvgIpc) is 3.72. The highest BCUT2D eigenvalue weighted by Crippen LogP contribution is 2.41. The van der Waals surface area contributed by atoms with Crippen molar-refractivity contribution in [2.45, 2.75) is 0 Å². The first-order valence-electron chi connectivity index (χ1n) is 21.7. The number of hydrogen-bond acceptors (Lipinski definition) is 0. The number of fused-ring (bicyclic) bond motifs is 9. The smallest absolute Gasteiger partial charge is 0.142 e. The maximum atomic E-state index is 2.60. The van der Waals surface area contributed by atoms with E-state index in [0.29, 0.717) is 0 Å². The standard InChI is InChI=1S/C44H42B14N2/c45-16-11-21(46)43(22(47)12-16)60-24-10-9-15-5-1-2-6-17(15)27(24)20-13-19-18-7-3-4-8-23(18)59(25(19)14-26(20)60)44-41(57)36(52)31(37(53)42(44)58)29-28-30(34(50)38(54)32(29)48)35(51)40(56)39(55)33(28)49/h1-14H,45-58H2. The van der Waals surface area contributed by atoms with Crippen LogP contribution in [0.15, 0.2) is 84.9 Å². The number of hydrogen-bond donors (Lipinski definition) is 0. The Morgan fingerprint density at radius 1 is 0.300 bits per heavy atom. The van der Waals surface area contributed by atoms with Gasteiger partial charge in [0.15, 0.2) is 0 Å². The third kappa shape index (κ3) is 5.15. The van der Waals surface area contributed by atoms with Crippen LogP contribution in [0.4, 0.5) is 0 Å². The van der Waals surface area contributed by atoms with Crippen LogP contribution in [-0.4, -0.2) is 119 Å². The fourth-order valence-corrected chi connectivity index (χ4v) is 11.5. The summed E-state index contributed by atoms with van der Waals surface area (Å²) in [6, 6.07) is 32.3. The molecule has 0 spiro atoms. The van der Waals surface area contributed by atoms with Gasteiger partial charge in [-0.15, -0.1) is 16.4 Å². The van der Waals surface area contributed by atoms with Crippen molar-refractivity contribution in [2.75, 3.05) is 0 Å². The van der Waals surface area contributed by atoms with E-state index in [1.54, 1.807) is 0 Å². The SMILES string of the molecule is Bc1cc(B)c(-n2c3cc4c(cc3c3c5ccccc5ccc32)c2ccccc2n4-c2c(B)c(B)c(-c3c(B)c(B)c(B)c4c(B)c(B)c(B)c(B)c34)c(B)c2B)c(B)c1. The molecule has 0 aliphatic carbocycles. The topological polar surface area (TPSA) is 9.86 Å². The summed E-state index contributed by atoms with van der Waals surface area (Å²) in [6.07, 6.45) is 0. The minimum absolute atomic E-state index is 1.24. The van der Waals surface area contributed by atoms with Crippen LogP contribution in [0.1, 0.15) is 0 Å². The number of para-hydroxylation sites is 1. The molecule has 0 aliphatic rings. The summed E-state index contributed by atoms with van der Waals surface area (Å²) in [6.45, 7) is 0. The predicted molar refractivity (Wildman–Crippen MR) is 310 cm³/mol. The van der Waals surface area contributed by atoms with E-state index >= 15 is 0 Å². The fourth-order valence-electron chi connectivity index (χ4n) is 11.5. The van der Waals surface area contributed by atoms with Gasteiger partial charge in [0.1, 0.15) is 110 Å². The van der Waals surface area contributed by atoms with Crippen molar-refractivity contribution >= 4 is 251 Å². The van der Waals surface area contributed by atoms with Gasteiger partial charge in [0, 0.05) is 32.9 Å². The molecule has 0 unspecified atom stereocenters. The lowest BCUT2D eigenvalue weighted by molar-refractivity contribution is 1.19. The van der Waals surface area contributed by atoms with Crippen molar-refractivity contribution in [3.05, 3.63) is 84.9 Å². The van der Waals surface area contributed by atoms with E-state index in [-0.39, 0.29) is 0 Å². The van der Waals surface area contributed by atoms with Gasteiger partial charge in [-0.2, -0.15) is 0 Å². The monoisotopic (exact) mass is 752 g/mol. The summed E-state index contributed by atoms with van der Waals surface area (Å²) >= 11 is 0. The Morgan fingerprint density at radius 3 is 1.47 bits per heavy atom. The second kappa shape index (κ2) is 13.7. The van der Waals surface area contributed by atoms with E-state index in [9.17, 15) is 0 Å².